The molecule has 0 spiro atoms. The van der Waals surface area contributed by atoms with Crippen LogP contribution < -0.4 is 4.90 Å². The number of esters is 1. The van der Waals surface area contributed by atoms with E-state index in [1.165, 1.54) is 18.4 Å². The lowest BCUT2D eigenvalue weighted by Gasteiger charge is -2.51. The second kappa shape index (κ2) is 5.70. The summed E-state index contributed by atoms with van der Waals surface area (Å²) in [4.78, 5) is 14.6. The van der Waals surface area contributed by atoms with Crippen molar-refractivity contribution in [2.75, 3.05) is 12.0 Å². The fourth-order valence-electron chi connectivity index (χ4n) is 3.73. The highest BCUT2D eigenvalue weighted by molar-refractivity contribution is 5.82. The average molecular weight is 289 g/mol. The maximum absolute atomic E-state index is 12.4. The van der Waals surface area contributed by atoms with E-state index in [1.54, 1.807) is 0 Å². The molecule has 0 aliphatic carbocycles. The molecule has 2 rings (SSSR count). The highest BCUT2D eigenvalue weighted by Crippen LogP contribution is 2.45. The Balaban J connectivity index is 2.58. The van der Waals surface area contributed by atoms with Crippen LogP contribution in [0.15, 0.2) is 24.3 Å². The molecule has 21 heavy (non-hydrogen) atoms. The normalized spacial score (nSPS) is 21.9. The Labute approximate surface area is 128 Å². The number of para-hydroxylation sites is 1. The van der Waals surface area contributed by atoms with Crippen molar-refractivity contribution in [1.29, 1.82) is 0 Å². The second-order valence-electron chi connectivity index (χ2n) is 7.06. The van der Waals surface area contributed by atoms with Crippen LogP contribution in [0.2, 0.25) is 0 Å². The maximum atomic E-state index is 12.4. The summed E-state index contributed by atoms with van der Waals surface area (Å²) < 4.78 is 5.08. The molecule has 0 fully saturated rings. The van der Waals surface area contributed by atoms with Gasteiger partial charge < -0.3 is 9.64 Å². The topological polar surface area (TPSA) is 29.5 Å². The fraction of sp³-hybridized carbons (Fsp3) is 0.611. The van der Waals surface area contributed by atoms with Crippen LogP contribution in [0.5, 0.6) is 0 Å². The monoisotopic (exact) mass is 289 g/mol. The second-order valence-corrected chi connectivity index (χ2v) is 7.06. The third kappa shape index (κ3) is 2.78. The molecule has 0 aromatic heterocycles. The van der Waals surface area contributed by atoms with Crippen LogP contribution >= 0.6 is 0 Å². The third-order valence-electron chi connectivity index (χ3n) is 4.54. The van der Waals surface area contributed by atoms with E-state index in [2.05, 4.69) is 63.8 Å². The minimum absolute atomic E-state index is 0.0725. The Bertz CT molecular complexity index is 522. The Kier molecular flexibility index (Phi) is 4.31. The lowest BCUT2D eigenvalue weighted by atomic mass is 9.78. The van der Waals surface area contributed by atoms with Crippen molar-refractivity contribution >= 4 is 11.7 Å². The Morgan fingerprint density at radius 1 is 1.33 bits per heavy atom. The van der Waals surface area contributed by atoms with Crippen molar-refractivity contribution in [1.82, 2.24) is 0 Å². The van der Waals surface area contributed by atoms with E-state index in [0.717, 1.165) is 6.42 Å². The highest BCUT2D eigenvalue weighted by Gasteiger charge is 2.43. The number of fused-ring (bicyclic) bond motifs is 1. The molecule has 0 unspecified atom stereocenters. The van der Waals surface area contributed by atoms with Gasteiger partial charge in [-0.05, 0) is 43.7 Å². The number of rotatable bonds is 3. The minimum Gasteiger partial charge on any atom is -0.467 e. The van der Waals surface area contributed by atoms with Gasteiger partial charge in [-0.2, -0.15) is 0 Å². The van der Waals surface area contributed by atoms with Crippen LogP contribution in [-0.2, 0) is 9.53 Å². The number of carbonyl (C=O) groups is 1. The number of methoxy groups -OCH3 is 1. The molecule has 0 N–H and O–H groups in total. The number of anilines is 1. The van der Waals surface area contributed by atoms with Gasteiger partial charge in [-0.1, -0.05) is 39.0 Å². The quantitative estimate of drug-likeness (QED) is 0.788. The molecule has 0 amide bonds. The van der Waals surface area contributed by atoms with Crippen molar-refractivity contribution < 1.29 is 9.53 Å². The van der Waals surface area contributed by atoms with Gasteiger partial charge >= 0.3 is 5.97 Å². The molecule has 2 atom stereocenters. The number of carbonyl (C=O) groups excluding carboxylic acids is 1. The van der Waals surface area contributed by atoms with E-state index in [4.69, 9.17) is 4.74 Å². The Morgan fingerprint density at radius 2 is 1.95 bits per heavy atom. The van der Waals surface area contributed by atoms with Gasteiger partial charge in [-0.3, -0.25) is 0 Å². The fourth-order valence-corrected chi connectivity index (χ4v) is 3.73. The first kappa shape index (κ1) is 15.9. The molecule has 116 valence electrons. The van der Waals surface area contributed by atoms with Crippen LogP contribution in [0.1, 0.15) is 52.5 Å². The van der Waals surface area contributed by atoms with Crippen molar-refractivity contribution in [2.45, 2.75) is 58.5 Å². The summed E-state index contributed by atoms with van der Waals surface area (Å²) >= 11 is 0. The summed E-state index contributed by atoms with van der Waals surface area (Å²) in [6.07, 6.45) is 1.03. The molecule has 3 nitrogen and oxygen atoms in total. The van der Waals surface area contributed by atoms with Gasteiger partial charge in [0.2, 0.25) is 0 Å². The molecule has 0 radical (unpaired) electrons. The van der Waals surface area contributed by atoms with Gasteiger partial charge in [-0.15, -0.1) is 0 Å². The molecule has 1 aliphatic heterocycles. The first-order valence-electron chi connectivity index (χ1n) is 7.75. The SMILES string of the molecule is COC(=O)[C@H](C(C)C)N1c2ccccc2[C@@H](C)CC1(C)C. The van der Waals surface area contributed by atoms with Gasteiger partial charge in [0.05, 0.1) is 7.11 Å². The van der Waals surface area contributed by atoms with Crippen LogP contribution in [0, 0.1) is 5.92 Å². The lowest BCUT2D eigenvalue weighted by molar-refractivity contribution is -0.143. The van der Waals surface area contributed by atoms with E-state index in [1.807, 2.05) is 0 Å². The standard InChI is InChI=1S/C18H27NO2/c1-12(2)16(17(20)21-6)19-15-10-8-7-9-14(15)13(3)11-18(19,4)5/h7-10,12-13,16H,11H2,1-6H3/t13-,16-/m0/s1. The van der Waals surface area contributed by atoms with Crippen LogP contribution in [0.4, 0.5) is 5.69 Å². The first-order chi connectivity index (χ1) is 9.79. The molecule has 0 saturated heterocycles. The largest absolute Gasteiger partial charge is 0.467 e. The van der Waals surface area contributed by atoms with Gasteiger partial charge in [0.15, 0.2) is 0 Å². The van der Waals surface area contributed by atoms with Crippen molar-refractivity contribution in [2.24, 2.45) is 5.92 Å². The first-order valence-corrected chi connectivity index (χ1v) is 7.75. The van der Waals surface area contributed by atoms with Gasteiger partial charge in [-0.25, -0.2) is 4.79 Å². The smallest absolute Gasteiger partial charge is 0.328 e. The number of nitrogens with zero attached hydrogens (tertiary/aromatic N) is 1. The van der Waals surface area contributed by atoms with Crippen LogP contribution in [0.25, 0.3) is 0 Å². The molecule has 1 aliphatic rings. The average Bonchev–Trinajstić information content (AvgIpc) is 2.41. The molecule has 1 heterocycles. The maximum Gasteiger partial charge on any atom is 0.328 e. The summed E-state index contributed by atoms with van der Waals surface area (Å²) in [5.74, 6) is 0.540. The molecule has 3 heteroatoms. The van der Waals surface area contributed by atoms with E-state index in [9.17, 15) is 4.79 Å². The van der Waals surface area contributed by atoms with Crippen molar-refractivity contribution in [3.05, 3.63) is 29.8 Å². The number of ether oxygens (including phenoxy) is 1. The summed E-state index contributed by atoms with van der Waals surface area (Å²) in [5, 5.41) is 0. The molecular weight excluding hydrogens is 262 g/mol. The molecule has 0 saturated carbocycles. The van der Waals surface area contributed by atoms with E-state index >= 15 is 0 Å². The molecule has 0 bridgehead atoms. The van der Waals surface area contributed by atoms with Crippen LogP contribution in [-0.4, -0.2) is 24.7 Å². The zero-order chi connectivity index (χ0) is 15.8. The van der Waals surface area contributed by atoms with Gasteiger partial charge in [0.1, 0.15) is 6.04 Å². The van der Waals surface area contributed by atoms with Gasteiger partial charge in [0, 0.05) is 11.2 Å². The van der Waals surface area contributed by atoms with E-state index in [0.29, 0.717) is 5.92 Å². The summed E-state index contributed by atoms with van der Waals surface area (Å²) in [7, 11) is 1.48. The summed E-state index contributed by atoms with van der Waals surface area (Å²) in [6, 6.07) is 8.18. The summed E-state index contributed by atoms with van der Waals surface area (Å²) in [6.45, 7) is 10.9. The Morgan fingerprint density at radius 3 is 2.52 bits per heavy atom. The third-order valence-corrected chi connectivity index (χ3v) is 4.54. The van der Waals surface area contributed by atoms with Crippen molar-refractivity contribution in [3.8, 4) is 0 Å². The molecule has 1 aromatic rings. The van der Waals surface area contributed by atoms with E-state index < -0.39 is 0 Å². The lowest BCUT2D eigenvalue weighted by Crippen LogP contribution is -2.58. The van der Waals surface area contributed by atoms with Gasteiger partial charge in [0.25, 0.3) is 0 Å². The number of hydrogen-bond donors (Lipinski definition) is 0. The predicted molar refractivity (Wildman–Crippen MR) is 86.7 cm³/mol. The number of hydrogen-bond acceptors (Lipinski definition) is 3. The van der Waals surface area contributed by atoms with Crippen molar-refractivity contribution in [3.63, 3.8) is 0 Å². The summed E-state index contributed by atoms with van der Waals surface area (Å²) in [5.41, 5.74) is 2.42. The highest BCUT2D eigenvalue weighted by atomic mass is 16.5. The number of benzene rings is 1. The minimum atomic E-state index is -0.251. The van der Waals surface area contributed by atoms with E-state index in [-0.39, 0.29) is 23.5 Å². The Hall–Kier alpha value is -1.51. The predicted octanol–water partition coefficient (Wildman–Crippen LogP) is 3.98. The zero-order valence-electron chi connectivity index (χ0n) is 14.0. The zero-order valence-corrected chi connectivity index (χ0v) is 14.0. The molecular formula is C18H27NO2. The molecule has 1 aromatic carbocycles. The van der Waals surface area contributed by atoms with Crippen LogP contribution in [0.3, 0.4) is 0 Å².